The second kappa shape index (κ2) is 4.75. The minimum atomic E-state index is 0.131. The van der Waals surface area contributed by atoms with Gasteiger partial charge in [-0.15, -0.1) is 11.3 Å². The van der Waals surface area contributed by atoms with Crippen LogP contribution in [0.15, 0.2) is 28.7 Å². The Morgan fingerprint density at radius 3 is 2.47 bits per heavy atom. The number of ketones is 1. The van der Waals surface area contributed by atoms with Crippen molar-refractivity contribution in [3.05, 3.63) is 44.7 Å². The summed E-state index contributed by atoms with van der Waals surface area (Å²) in [5.74, 6) is 0.131. The molecule has 0 spiro atoms. The normalized spacial score (nSPS) is 10.6. The monoisotopic (exact) mass is 308 g/mol. The molecule has 0 saturated heterocycles. The zero-order valence-corrected chi connectivity index (χ0v) is 12.4. The van der Waals surface area contributed by atoms with E-state index < -0.39 is 0 Å². The van der Waals surface area contributed by atoms with Gasteiger partial charge in [0.1, 0.15) is 0 Å². The fourth-order valence-corrected chi connectivity index (χ4v) is 3.26. The van der Waals surface area contributed by atoms with Crippen molar-refractivity contribution in [1.82, 2.24) is 0 Å². The highest BCUT2D eigenvalue weighted by Gasteiger charge is 2.12. The molecule has 1 aromatic heterocycles. The molecule has 2 rings (SSSR count). The Bertz CT molecular complexity index is 584. The summed E-state index contributed by atoms with van der Waals surface area (Å²) >= 11 is 5.11. The molecule has 0 bridgehead atoms. The molecule has 0 saturated carbocycles. The lowest BCUT2D eigenvalue weighted by atomic mass is 10.0. The van der Waals surface area contributed by atoms with Gasteiger partial charge in [-0.1, -0.05) is 22.0 Å². The number of aryl methyl sites for hydroxylation is 1. The molecule has 2 aromatic rings. The minimum absolute atomic E-state index is 0.131. The second-order valence-electron chi connectivity index (χ2n) is 4.08. The van der Waals surface area contributed by atoms with Crippen molar-refractivity contribution >= 4 is 33.0 Å². The predicted octanol–water partition coefficient (Wildman–Crippen LogP) is 5.00. The van der Waals surface area contributed by atoms with Crippen molar-refractivity contribution in [2.75, 3.05) is 0 Å². The Hall–Kier alpha value is -0.930. The van der Waals surface area contributed by atoms with Crippen LogP contribution in [0.3, 0.4) is 0 Å². The molecule has 88 valence electrons. The SMILES string of the molecule is CC(=O)c1ccc(-c2c(C)ccc(Br)c2C)s1. The first-order valence-corrected chi connectivity index (χ1v) is 6.98. The molecule has 1 nitrogen and oxygen atoms in total. The summed E-state index contributed by atoms with van der Waals surface area (Å²) in [4.78, 5) is 13.3. The molecule has 0 fully saturated rings. The largest absolute Gasteiger partial charge is 0.294 e. The molecule has 0 aliphatic carbocycles. The summed E-state index contributed by atoms with van der Waals surface area (Å²) in [5, 5.41) is 0. The summed E-state index contributed by atoms with van der Waals surface area (Å²) in [6.07, 6.45) is 0. The van der Waals surface area contributed by atoms with Gasteiger partial charge in [-0.3, -0.25) is 4.79 Å². The van der Waals surface area contributed by atoms with Gasteiger partial charge in [0.2, 0.25) is 0 Å². The number of hydrogen-bond donors (Lipinski definition) is 0. The van der Waals surface area contributed by atoms with Gasteiger partial charge in [0.25, 0.3) is 0 Å². The van der Waals surface area contributed by atoms with Crippen LogP contribution in [0.1, 0.15) is 27.7 Å². The van der Waals surface area contributed by atoms with Crippen molar-refractivity contribution in [3.63, 3.8) is 0 Å². The quantitative estimate of drug-likeness (QED) is 0.714. The van der Waals surface area contributed by atoms with Crippen LogP contribution >= 0.6 is 27.3 Å². The van der Waals surface area contributed by atoms with E-state index in [1.807, 2.05) is 12.1 Å². The van der Waals surface area contributed by atoms with E-state index in [1.165, 1.54) is 16.7 Å². The van der Waals surface area contributed by atoms with Gasteiger partial charge < -0.3 is 0 Å². The summed E-state index contributed by atoms with van der Waals surface area (Å²) in [6.45, 7) is 5.80. The maximum Gasteiger partial charge on any atom is 0.169 e. The molecular formula is C14H13BrOS. The highest BCUT2D eigenvalue weighted by molar-refractivity contribution is 9.10. The van der Waals surface area contributed by atoms with E-state index in [0.29, 0.717) is 0 Å². The summed E-state index contributed by atoms with van der Waals surface area (Å²) in [5.41, 5.74) is 3.70. The Balaban J connectivity index is 2.60. The maximum absolute atomic E-state index is 11.3. The topological polar surface area (TPSA) is 17.1 Å². The molecule has 0 aliphatic rings. The Morgan fingerprint density at radius 2 is 1.88 bits per heavy atom. The minimum Gasteiger partial charge on any atom is -0.294 e. The molecule has 0 N–H and O–H groups in total. The van der Waals surface area contributed by atoms with Gasteiger partial charge >= 0.3 is 0 Å². The lowest BCUT2D eigenvalue weighted by Crippen LogP contribution is -1.87. The lowest BCUT2D eigenvalue weighted by Gasteiger charge is -2.09. The average Bonchev–Trinajstić information content (AvgIpc) is 2.73. The second-order valence-corrected chi connectivity index (χ2v) is 6.02. The third-order valence-corrected chi connectivity index (χ3v) is 4.87. The number of Topliss-reactive ketones (excluding diaryl/α,β-unsaturated/α-hetero) is 1. The lowest BCUT2D eigenvalue weighted by molar-refractivity contribution is 0.102. The third-order valence-electron chi connectivity index (χ3n) is 2.81. The van der Waals surface area contributed by atoms with Gasteiger partial charge in [0.05, 0.1) is 4.88 Å². The summed E-state index contributed by atoms with van der Waals surface area (Å²) < 4.78 is 1.11. The van der Waals surface area contributed by atoms with Crippen LogP contribution in [0.2, 0.25) is 0 Å². The number of benzene rings is 1. The summed E-state index contributed by atoms with van der Waals surface area (Å²) in [7, 11) is 0. The van der Waals surface area contributed by atoms with E-state index in [0.717, 1.165) is 14.2 Å². The molecule has 3 heteroatoms. The van der Waals surface area contributed by atoms with Crippen LogP contribution in [0.25, 0.3) is 10.4 Å². The predicted molar refractivity (Wildman–Crippen MR) is 76.9 cm³/mol. The van der Waals surface area contributed by atoms with Gasteiger partial charge in [0, 0.05) is 9.35 Å². The highest BCUT2D eigenvalue weighted by Crippen LogP contribution is 2.36. The molecule has 0 atom stereocenters. The zero-order valence-electron chi connectivity index (χ0n) is 10.0. The Kier molecular flexibility index (Phi) is 3.50. The molecule has 0 aliphatic heterocycles. The van der Waals surface area contributed by atoms with Crippen LogP contribution in [-0.4, -0.2) is 5.78 Å². The molecule has 0 amide bonds. The van der Waals surface area contributed by atoms with Crippen molar-refractivity contribution in [1.29, 1.82) is 0 Å². The smallest absolute Gasteiger partial charge is 0.169 e. The molecule has 1 aromatic carbocycles. The van der Waals surface area contributed by atoms with Gasteiger partial charge in [-0.05, 0) is 55.7 Å². The van der Waals surface area contributed by atoms with Crippen LogP contribution < -0.4 is 0 Å². The van der Waals surface area contributed by atoms with Gasteiger partial charge in [-0.2, -0.15) is 0 Å². The molecule has 17 heavy (non-hydrogen) atoms. The first kappa shape index (κ1) is 12.5. The van der Waals surface area contributed by atoms with E-state index in [4.69, 9.17) is 0 Å². The fraction of sp³-hybridized carbons (Fsp3) is 0.214. The number of halogens is 1. The van der Waals surface area contributed by atoms with Crippen molar-refractivity contribution in [3.8, 4) is 10.4 Å². The van der Waals surface area contributed by atoms with Crippen molar-refractivity contribution in [2.24, 2.45) is 0 Å². The van der Waals surface area contributed by atoms with E-state index in [1.54, 1.807) is 18.3 Å². The van der Waals surface area contributed by atoms with E-state index in [-0.39, 0.29) is 5.78 Å². The van der Waals surface area contributed by atoms with E-state index >= 15 is 0 Å². The van der Waals surface area contributed by atoms with Crippen LogP contribution in [0.4, 0.5) is 0 Å². The first-order chi connectivity index (χ1) is 8.00. The zero-order chi connectivity index (χ0) is 12.6. The van der Waals surface area contributed by atoms with Crippen LogP contribution in [-0.2, 0) is 0 Å². The Morgan fingerprint density at radius 1 is 1.18 bits per heavy atom. The standard InChI is InChI=1S/C14H13BrOS/c1-8-4-5-11(15)9(2)14(8)13-7-6-12(17-13)10(3)16/h4-7H,1-3H3. The number of rotatable bonds is 2. The first-order valence-electron chi connectivity index (χ1n) is 5.37. The van der Waals surface area contributed by atoms with Gasteiger partial charge in [0.15, 0.2) is 5.78 Å². The number of thiophene rings is 1. The average molecular weight is 309 g/mol. The number of carbonyl (C=O) groups is 1. The molecule has 1 heterocycles. The Labute approximate surface area is 114 Å². The van der Waals surface area contributed by atoms with E-state index in [9.17, 15) is 4.79 Å². The third kappa shape index (κ3) is 2.35. The van der Waals surface area contributed by atoms with E-state index in [2.05, 4.69) is 41.9 Å². The fourth-order valence-electron chi connectivity index (χ4n) is 1.86. The van der Waals surface area contributed by atoms with Crippen LogP contribution in [0, 0.1) is 13.8 Å². The molecule has 0 radical (unpaired) electrons. The van der Waals surface area contributed by atoms with Crippen LogP contribution in [0.5, 0.6) is 0 Å². The molecular weight excluding hydrogens is 296 g/mol. The highest BCUT2D eigenvalue weighted by atomic mass is 79.9. The van der Waals surface area contributed by atoms with Crippen molar-refractivity contribution in [2.45, 2.75) is 20.8 Å². The number of hydrogen-bond acceptors (Lipinski definition) is 2. The number of carbonyl (C=O) groups excluding carboxylic acids is 1. The van der Waals surface area contributed by atoms with Gasteiger partial charge in [-0.25, -0.2) is 0 Å². The van der Waals surface area contributed by atoms with Crippen molar-refractivity contribution < 1.29 is 4.79 Å². The molecule has 0 unspecified atom stereocenters. The maximum atomic E-state index is 11.3. The summed E-state index contributed by atoms with van der Waals surface area (Å²) in [6, 6.07) is 8.10.